The van der Waals surface area contributed by atoms with Crippen LogP contribution >= 0.6 is 0 Å². The van der Waals surface area contributed by atoms with Crippen molar-refractivity contribution in [2.45, 2.75) is 58.8 Å². The number of rotatable bonds is 7. The maximum atomic E-state index is 12.4. The summed E-state index contributed by atoms with van der Waals surface area (Å²) in [6, 6.07) is 14.8. The molecule has 0 radical (unpaired) electrons. The molecule has 0 heterocycles. The van der Waals surface area contributed by atoms with Gasteiger partial charge in [-0.2, -0.15) is 0 Å². The van der Waals surface area contributed by atoms with Crippen LogP contribution in [0.25, 0.3) is 0 Å². The molecule has 2 aromatic rings. The zero-order valence-electron chi connectivity index (χ0n) is 16.3. The van der Waals surface area contributed by atoms with Crippen molar-refractivity contribution in [2.75, 3.05) is 0 Å². The fraction of sp³-hybridized carbons (Fsp3) is 0.391. The Morgan fingerprint density at radius 1 is 1.04 bits per heavy atom. The van der Waals surface area contributed by atoms with Crippen LogP contribution < -0.4 is 4.74 Å². The minimum absolute atomic E-state index is 0.0274. The highest BCUT2D eigenvalue weighted by Gasteiger charge is 2.19. The zero-order chi connectivity index (χ0) is 19.2. The Balaban J connectivity index is 2.31. The first-order valence-electron chi connectivity index (χ1n) is 9.32. The van der Waals surface area contributed by atoms with E-state index in [2.05, 4.69) is 27.7 Å². The number of nitrogens with one attached hydrogen (secondary N) is 1. The van der Waals surface area contributed by atoms with E-state index in [0.717, 1.165) is 30.4 Å². The maximum absolute atomic E-state index is 12.4. The quantitative estimate of drug-likeness (QED) is 0.281. The minimum atomic E-state index is -0.392. The van der Waals surface area contributed by atoms with Gasteiger partial charge in [-0.15, -0.1) is 0 Å². The van der Waals surface area contributed by atoms with Crippen molar-refractivity contribution in [3.63, 3.8) is 0 Å². The Labute approximate surface area is 156 Å². The van der Waals surface area contributed by atoms with E-state index in [1.165, 1.54) is 0 Å². The topological polar surface area (TPSA) is 50.1 Å². The van der Waals surface area contributed by atoms with Crippen molar-refractivity contribution in [1.82, 2.24) is 0 Å². The third-order valence-corrected chi connectivity index (χ3v) is 4.41. The molecule has 2 rings (SSSR count). The molecule has 0 aliphatic rings. The maximum Gasteiger partial charge on any atom is 0.343 e. The number of hydrogen-bond donors (Lipinski definition) is 1. The van der Waals surface area contributed by atoms with Crippen LogP contribution in [0.3, 0.4) is 0 Å². The Bertz CT molecular complexity index is 758. The molecule has 0 aliphatic carbocycles. The van der Waals surface area contributed by atoms with Crippen LogP contribution in [0.5, 0.6) is 5.75 Å². The standard InChI is InChI=1S/C23H29NO2/c1-5-6-8-13-20(24)19-16-18(23(2,3)4)14-15-21(19)26-22(25)17-11-9-7-10-12-17/h7,9-12,14-16,24H,5-6,8,13H2,1-4H3. The third-order valence-electron chi connectivity index (χ3n) is 4.41. The van der Waals surface area contributed by atoms with Gasteiger partial charge in [-0.1, -0.05) is 64.8 Å². The molecule has 0 aliphatic heterocycles. The summed E-state index contributed by atoms with van der Waals surface area (Å²) in [5.74, 6) is 0.0741. The summed E-state index contributed by atoms with van der Waals surface area (Å²) in [7, 11) is 0. The lowest BCUT2D eigenvalue weighted by Gasteiger charge is -2.21. The lowest BCUT2D eigenvalue weighted by atomic mass is 9.85. The number of unbranched alkanes of at least 4 members (excludes halogenated alkanes) is 2. The van der Waals surface area contributed by atoms with E-state index in [1.807, 2.05) is 36.4 Å². The van der Waals surface area contributed by atoms with Gasteiger partial charge >= 0.3 is 5.97 Å². The Hall–Kier alpha value is -2.42. The Morgan fingerprint density at radius 2 is 1.73 bits per heavy atom. The van der Waals surface area contributed by atoms with Crippen LogP contribution in [0.15, 0.2) is 48.5 Å². The van der Waals surface area contributed by atoms with Gasteiger partial charge in [0.25, 0.3) is 0 Å². The van der Waals surface area contributed by atoms with Crippen LogP contribution in [0.1, 0.15) is 74.9 Å². The molecular weight excluding hydrogens is 322 g/mol. The average molecular weight is 351 g/mol. The third kappa shape index (κ3) is 5.29. The van der Waals surface area contributed by atoms with Crippen LogP contribution in [-0.4, -0.2) is 11.7 Å². The molecule has 138 valence electrons. The normalized spacial score (nSPS) is 11.2. The molecule has 0 atom stereocenters. The molecule has 0 unspecified atom stereocenters. The van der Waals surface area contributed by atoms with Gasteiger partial charge in [-0.05, 0) is 48.1 Å². The molecule has 0 spiro atoms. The average Bonchev–Trinajstić information content (AvgIpc) is 2.62. The summed E-state index contributed by atoms with van der Waals surface area (Å²) >= 11 is 0. The van der Waals surface area contributed by atoms with Crippen molar-refractivity contribution < 1.29 is 9.53 Å². The van der Waals surface area contributed by atoms with Crippen molar-refractivity contribution in [2.24, 2.45) is 0 Å². The van der Waals surface area contributed by atoms with Crippen molar-refractivity contribution in [1.29, 1.82) is 5.41 Å². The minimum Gasteiger partial charge on any atom is -0.422 e. The summed E-state index contributed by atoms with van der Waals surface area (Å²) in [5, 5.41) is 8.51. The number of carbonyl (C=O) groups is 1. The monoisotopic (exact) mass is 351 g/mol. The fourth-order valence-corrected chi connectivity index (χ4v) is 2.74. The molecule has 0 aromatic heterocycles. The van der Waals surface area contributed by atoms with Gasteiger partial charge < -0.3 is 10.1 Å². The van der Waals surface area contributed by atoms with E-state index in [-0.39, 0.29) is 5.41 Å². The van der Waals surface area contributed by atoms with Crippen LogP contribution in [-0.2, 0) is 5.41 Å². The van der Waals surface area contributed by atoms with Crippen molar-refractivity contribution in [3.8, 4) is 5.75 Å². The summed E-state index contributed by atoms with van der Waals surface area (Å²) < 4.78 is 5.65. The predicted molar refractivity (Wildman–Crippen MR) is 108 cm³/mol. The van der Waals surface area contributed by atoms with E-state index >= 15 is 0 Å². The van der Waals surface area contributed by atoms with E-state index in [4.69, 9.17) is 10.1 Å². The highest BCUT2D eigenvalue weighted by molar-refractivity contribution is 6.02. The van der Waals surface area contributed by atoms with Gasteiger partial charge in [0.15, 0.2) is 0 Å². The predicted octanol–water partition coefficient (Wildman–Crippen LogP) is 6.15. The lowest BCUT2D eigenvalue weighted by Crippen LogP contribution is -2.15. The molecule has 0 amide bonds. The van der Waals surface area contributed by atoms with Crippen LogP contribution in [0, 0.1) is 5.41 Å². The summed E-state index contributed by atoms with van der Waals surface area (Å²) in [4.78, 5) is 12.4. The number of ether oxygens (including phenoxy) is 1. The van der Waals surface area contributed by atoms with Crippen LogP contribution in [0.4, 0.5) is 0 Å². The number of carbonyl (C=O) groups excluding carboxylic acids is 1. The molecule has 1 N–H and O–H groups in total. The highest BCUT2D eigenvalue weighted by atomic mass is 16.5. The zero-order valence-corrected chi connectivity index (χ0v) is 16.3. The smallest absolute Gasteiger partial charge is 0.343 e. The second kappa shape index (κ2) is 8.79. The molecule has 2 aromatic carbocycles. The summed E-state index contributed by atoms with van der Waals surface area (Å²) in [6.45, 7) is 8.57. The lowest BCUT2D eigenvalue weighted by molar-refractivity contribution is 0.0734. The van der Waals surface area contributed by atoms with Gasteiger partial charge in [-0.25, -0.2) is 4.79 Å². The Kier molecular flexibility index (Phi) is 6.73. The SMILES string of the molecule is CCCCCC(=N)c1cc(C(C)(C)C)ccc1OC(=O)c1ccccc1. The molecule has 0 bridgehead atoms. The number of esters is 1. The number of benzene rings is 2. The fourth-order valence-electron chi connectivity index (χ4n) is 2.74. The Morgan fingerprint density at radius 3 is 2.35 bits per heavy atom. The van der Waals surface area contributed by atoms with E-state index in [9.17, 15) is 4.79 Å². The van der Waals surface area contributed by atoms with E-state index in [1.54, 1.807) is 12.1 Å². The molecule has 3 heteroatoms. The molecular formula is C23H29NO2. The second-order valence-corrected chi connectivity index (χ2v) is 7.65. The number of hydrogen-bond acceptors (Lipinski definition) is 3. The van der Waals surface area contributed by atoms with Gasteiger partial charge in [0, 0.05) is 11.3 Å². The first-order chi connectivity index (χ1) is 12.3. The van der Waals surface area contributed by atoms with E-state index < -0.39 is 5.97 Å². The van der Waals surface area contributed by atoms with Crippen LogP contribution in [0.2, 0.25) is 0 Å². The van der Waals surface area contributed by atoms with Gasteiger partial charge in [0.2, 0.25) is 0 Å². The second-order valence-electron chi connectivity index (χ2n) is 7.65. The molecule has 26 heavy (non-hydrogen) atoms. The molecule has 0 saturated heterocycles. The molecule has 0 fully saturated rings. The molecule has 0 saturated carbocycles. The highest BCUT2D eigenvalue weighted by Crippen LogP contribution is 2.29. The first-order valence-corrected chi connectivity index (χ1v) is 9.32. The summed E-state index contributed by atoms with van der Waals surface area (Å²) in [6.07, 6.45) is 3.88. The first kappa shape index (κ1) is 19.9. The van der Waals surface area contributed by atoms with Gasteiger partial charge in [0.1, 0.15) is 5.75 Å². The van der Waals surface area contributed by atoms with Gasteiger partial charge in [-0.3, -0.25) is 0 Å². The van der Waals surface area contributed by atoms with Gasteiger partial charge in [0.05, 0.1) is 5.56 Å². The van der Waals surface area contributed by atoms with Crippen molar-refractivity contribution in [3.05, 3.63) is 65.2 Å². The van der Waals surface area contributed by atoms with E-state index in [0.29, 0.717) is 23.4 Å². The largest absolute Gasteiger partial charge is 0.422 e. The summed E-state index contributed by atoms with van der Waals surface area (Å²) in [5.41, 5.74) is 2.86. The molecule has 3 nitrogen and oxygen atoms in total. The van der Waals surface area contributed by atoms with Crippen molar-refractivity contribution >= 4 is 11.7 Å².